The van der Waals surface area contributed by atoms with Crippen LogP contribution in [0.3, 0.4) is 0 Å². The molecule has 2 N–H and O–H groups in total. The smallest absolute Gasteiger partial charge is 0.252 e. The van der Waals surface area contributed by atoms with Gasteiger partial charge in [-0.1, -0.05) is 12.1 Å². The molecule has 4 aliphatic heterocycles. The van der Waals surface area contributed by atoms with Crippen LogP contribution in [0.15, 0.2) is 60.9 Å². The van der Waals surface area contributed by atoms with Crippen molar-refractivity contribution in [1.29, 1.82) is 0 Å². The molecule has 0 spiro atoms. The molecule has 47 heavy (non-hydrogen) atoms. The number of nitrogens with zero attached hydrogens (tertiary/aromatic N) is 4. The van der Waals surface area contributed by atoms with Crippen molar-refractivity contribution in [1.82, 2.24) is 29.7 Å². The Balaban J connectivity index is 0.920. The Bertz CT molecular complexity index is 1720. The second-order valence-electron chi connectivity index (χ2n) is 12.9. The lowest BCUT2D eigenvalue weighted by molar-refractivity contribution is -0.142. The molecule has 244 valence electrons. The van der Waals surface area contributed by atoms with Crippen molar-refractivity contribution in [3.63, 3.8) is 0 Å². The first-order valence-electron chi connectivity index (χ1n) is 16.9. The van der Waals surface area contributed by atoms with Gasteiger partial charge < -0.3 is 34.0 Å². The summed E-state index contributed by atoms with van der Waals surface area (Å²) in [5.74, 6) is 3.21. The summed E-state index contributed by atoms with van der Waals surface area (Å²) in [5.41, 5.74) is 3.63. The first-order chi connectivity index (χ1) is 23.1. The van der Waals surface area contributed by atoms with E-state index in [1.807, 2.05) is 70.7 Å². The third-order valence-electron chi connectivity index (χ3n) is 9.84. The van der Waals surface area contributed by atoms with Gasteiger partial charge in [0.1, 0.15) is 35.4 Å². The van der Waals surface area contributed by atoms with Crippen LogP contribution in [0.5, 0.6) is 11.5 Å². The molecule has 0 aliphatic carbocycles. The fraction of sp³-hybridized carbons (Fsp3) is 0.444. The van der Waals surface area contributed by atoms with E-state index in [2.05, 4.69) is 15.0 Å². The van der Waals surface area contributed by atoms with Crippen molar-refractivity contribution in [2.45, 2.75) is 75.7 Å². The molecule has 4 fully saturated rings. The average Bonchev–Trinajstić information content (AvgIpc) is 3.96. The Hall–Kier alpha value is -4.48. The molecule has 11 heteroatoms. The molecular formula is C36H40N6O5. The van der Waals surface area contributed by atoms with E-state index in [1.165, 1.54) is 0 Å². The molecule has 2 amide bonds. The Morgan fingerprint density at radius 1 is 0.766 bits per heavy atom. The van der Waals surface area contributed by atoms with Crippen LogP contribution in [-0.4, -0.2) is 80.1 Å². The number of imidazole rings is 2. The zero-order valence-electron chi connectivity index (χ0n) is 26.4. The first-order valence-corrected chi connectivity index (χ1v) is 16.9. The fourth-order valence-corrected chi connectivity index (χ4v) is 7.41. The Labute approximate surface area is 273 Å². The topological polar surface area (TPSA) is 126 Å². The molecule has 6 heterocycles. The molecule has 4 aromatic rings. The van der Waals surface area contributed by atoms with Gasteiger partial charge in [-0.2, -0.15) is 0 Å². The zero-order valence-corrected chi connectivity index (χ0v) is 26.4. The highest BCUT2D eigenvalue weighted by Crippen LogP contribution is 2.36. The first kappa shape index (κ1) is 29.9. The van der Waals surface area contributed by atoms with Gasteiger partial charge in [0.2, 0.25) is 0 Å². The second kappa shape index (κ2) is 13.0. The summed E-state index contributed by atoms with van der Waals surface area (Å²) in [7, 11) is 0. The predicted molar refractivity (Wildman–Crippen MR) is 173 cm³/mol. The van der Waals surface area contributed by atoms with Crippen LogP contribution in [0.25, 0.3) is 22.5 Å². The maximum absolute atomic E-state index is 13.1. The Kier molecular flexibility index (Phi) is 8.24. The molecular weight excluding hydrogens is 596 g/mol. The van der Waals surface area contributed by atoms with Crippen molar-refractivity contribution >= 4 is 11.8 Å². The standard InChI is InChI=1S/C36H40N6O5/c43-35(31-10-4-18-45-31)41-16-2-8-29(41)33-37-21-27(39-33)23-12-14-25(15-13-23)47-26-7-1-6-24(20-26)28-22-38-34(40-28)30-9-3-17-42(30)36(44)32-11-5-19-46-32/h1,6-7,12-15,20-22,29-32H,2-5,8-11,16-19H2,(H,37,39)(H,38,40)/t29-,30-,31+,32+/m0/s1. The number of aromatic nitrogens is 4. The van der Waals surface area contributed by atoms with E-state index in [9.17, 15) is 9.59 Å². The van der Waals surface area contributed by atoms with Crippen LogP contribution in [-0.2, 0) is 19.1 Å². The number of carbonyl (C=O) groups is 2. The molecule has 11 nitrogen and oxygen atoms in total. The number of likely N-dealkylation sites (tertiary alicyclic amines) is 2. The van der Waals surface area contributed by atoms with Crippen molar-refractivity contribution < 1.29 is 23.8 Å². The van der Waals surface area contributed by atoms with E-state index in [-0.39, 0.29) is 36.1 Å². The summed E-state index contributed by atoms with van der Waals surface area (Å²) in [5, 5.41) is 0. The van der Waals surface area contributed by atoms with E-state index in [0.717, 1.165) is 98.6 Å². The molecule has 0 radical (unpaired) electrons. The minimum Gasteiger partial charge on any atom is -0.457 e. The van der Waals surface area contributed by atoms with Gasteiger partial charge in [-0.3, -0.25) is 9.59 Å². The molecule has 2 aromatic heterocycles. The highest BCUT2D eigenvalue weighted by Gasteiger charge is 2.38. The Morgan fingerprint density at radius 3 is 2.11 bits per heavy atom. The van der Waals surface area contributed by atoms with Crippen molar-refractivity contribution in [2.24, 2.45) is 0 Å². The van der Waals surface area contributed by atoms with Crippen molar-refractivity contribution in [3.05, 3.63) is 72.6 Å². The SMILES string of the molecule is O=C([C@H]1CCCO1)N1CCC[C@H]1c1nc(-c2cccc(Oc3ccc(-c4cnc([C@@H]5CCCN5C(=O)[C@H]5CCCO5)[nH]4)cc3)c2)c[nH]1. The number of hydrogen-bond donors (Lipinski definition) is 2. The number of aromatic amines is 2. The van der Waals surface area contributed by atoms with Gasteiger partial charge in [0.05, 0.1) is 29.7 Å². The van der Waals surface area contributed by atoms with Crippen molar-refractivity contribution in [2.75, 3.05) is 26.3 Å². The lowest BCUT2D eigenvalue weighted by Crippen LogP contribution is -2.38. The molecule has 8 rings (SSSR count). The summed E-state index contributed by atoms with van der Waals surface area (Å²) < 4.78 is 17.6. The molecule has 4 saturated heterocycles. The maximum Gasteiger partial charge on any atom is 0.252 e. The van der Waals surface area contributed by atoms with Crippen LogP contribution in [0, 0.1) is 0 Å². The van der Waals surface area contributed by atoms with Gasteiger partial charge in [0.15, 0.2) is 0 Å². The molecule has 0 unspecified atom stereocenters. The van der Waals surface area contributed by atoms with Gasteiger partial charge in [-0.15, -0.1) is 0 Å². The van der Waals surface area contributed by atoms with Crippen LogP contribution in [0.2, 0.25) is 0 Å². The van der Waals surface area contributed by atoms with E-state index in [1.54, 1.807) is 0 Å². The molecule has 4 aliphatic rings. The number of carbonyl (C=O) groups excluding carboxylic acids is 2. The summed E-state index contributed by atoms with van der Waals surface area (Å²) in [6, 6.07) is 15.7. The number of nitrogens with one attached hydrogen (secondary N) is 2. The van der Waals surface area contributed by atoms with Gasteiger partial charge in [0.25, 0.3) is 11.8 Å². The number of rotatable bonds is 8. The number of hydrogen-bond acceptors (Lipinski definition) is 7. The lowest BCUT2D eigenvalue weighted by Gasteiger charge is -2.25. The molecule has 0 saturated carbocycles. The molecule has 0 bridgehead atoms. The minimum atomic E-state index is -0.318. The van der Waals surface area contributed by atoms with Crippen molar-refractivity contribution in [3.8, 4) is 34.0 Å². The van der Waals surface area contributed by atoms with E-state index in [0.29, 0.717) is 24.7 Å². The monoisotopic (exact) mass is 636 g/mol. The quantitative estimate of drug-likeness (QED) is 0.245. The molecule has 4 atom stereocenters. The maximum atomic E-state index is 13.1. The van der Waals surface area contributed by atoms with Gasteiger partial charge in [-0.05, 0) is 93.3 Å². The molecule has 2 aromatic carbocycles. The third-order valence-corrected chi connectivity index (χ3v) is 9.84. The van der Waals surface area contributed by atoms with E-state index in [4.69, 9.17) is 19.2 Å². The lowest BCUT2D eigenvalue weighted by atomic mass is 10.1. The van der Waals surface area contributed by atoms with Gasteiger partial charge in [0, 0.05) is 38.1 Å². The van der Waals surface area contributed by atoms with Crippen LogP contribution in [0.1, 0.15) is 75.1 Å². The summed E-state index contributed by atoms with van der Waals surface area (Å²) in [6.07, 6.45) is 10.3. The summed E-state index contributed by atoms with van der Waals surface area (Å²) in [4.78, 5) is 46.4. The average molecular weight is 637 g/mol. The van der Waals surface area contributed by atoms with E-state index >= 15 is 0 Å². The summed E-state index contributed by atoms with van der Waals surface area (Å²) in [6.45, 7) is 2.80. The third kappa shape index (κ3) is 6.05. The van der Waals surface area contributed by atoms with Crippen LogP contribution in [0.4, 0.5) is 0 Å². The Morgan fingerprint density at radius 2 is 1.45 bits per heavy atom. The predicted octanol–water partition coefficient (Wildman–Crippen LogP) is 5.94. The highest BCUT2D eigenvalue weighted by atomic mass is 16.5. The van der Waals surface area contributed by atoms with Gasteiger partial charge >= 0.3 is 0 Å². The van der Waals surface area contributed by atoms with Crippen LogP contribution < -0.4 is 4.74 Å². The number of amides is 2. The normalized spacial score (nSPS) is 24.3. The second-order valence-corrected chi connectivity index (χ2v) is 12.9. The largest absolute Gasteiger partial charge is 0.457 e. The number of ether oxygens (including phenoxy) is 3. The van der Waals surface area contributed by atoms with E-state index < -0.39 is 0 Å². The van der Waals surface area contributed by atoms with Gasteiger partial charge in [-0.25, -0.2) is 9.97 Å². The number of benzene rings is 2. The van der Waals surface area contributed by atoms with Crippen LogP contribution >= 0.6 is 0 Å². The summed E-state index contributed by atoms with van der Waals surface area (Å²) >= 11 is 0. The number of H-pyrrole nitrogens is 2. The zero-order chi connectivity index (χ0) is 31.7. The fourth-order valence-electron chi connectivity index (χ4n) is 7.41. The minimum absolute atomic E-state index is 0.0490. The highest BCUT2D eigenvalue weighted by molar-refractivity contribution is 5.82.